The second-order valence-electron chi connectivity index (χ2n) is 9.74. The lowest BCUT2D eigenvalue weighted by atomic mass is 10.0. The smallest absolute Gasteiger partial charge is 0.259 e. The second-order valence-corrected chi connectivity index (χ2v) is 10.6. The van der Waals surface area contributed by atoms with Gasteiger partial charge in [0.15, 0.2) is 0 Å². The van der Waals surface area contributed by atoms with Crippen molar-refractivity contribution < 1.29 is 18.8 Å². The highest BCUT2D eigenvalue weighted by Gasteiger charge is 2.30. The second kappa shape index (κ2) is 12.9. The molecule has 2 heterocycles. The Hall–Kier alpha value is -3.36. The van der Waals surface area contributed by atoms with Gasteiger partial charge in [-0.3, -0.25) is 9.69 Å². The van der Waals surface area contributed by atoms with Crippen LogP contribution in [0, 0.1) is 6.92 Å². The molecule has 0 bridgehead atoms. The SMILES string of the molecule is COc1cccc(CO[C@@H](CN2CCN(C(=O)c3c(-c4ccccc4Cl)noc3C)CC2)c2ccc(Cl)cc2)c1. The molecule has 1 saturated heterocycles. The molecular formula is C31H31Cl2N3O4. The van der Waals surface area contributed by atoms with Gasteiger partial charge in [0.25, 0.3) is 5.91 Å². The fourth-order valence-corrected chi connectivity index (χ4v) is 5.23. The highest BCUT2D eigenvalue weighted by Crippen LogP contribution is 2.32. The summed E-state index contributed by atoms with van der Waals surface area (Å²) in [7, 11) is 1.66. The van der Waals surface area contributed by atoms with Crippen LogP contribution >= 0.6 is 23.2 Å². The first-order chi connectivity index (χ1) is 19.4. The van der Waals surface area contributed by atoms with Crippen LogP contribution in [0.15, 0.2) is 77.3 Å². The Kier molecular flexibility index (Phi) is 9.07. The molecule has 3 aromatic carbocycles. The van der Waals surface area contributed by atoms with E-state index in [1.54, 1.807) is 20.1 Å². The molecule has 0 saturated carbocycles. The molecule has 0 N–H and O–H groups in total. The van der Waals surface area contributed by atoms with E-state index in [9.17, 15) is 4.79 Å². The minimum absolute atomic E-state index is 0.100. The number of ether oxygens (including phenoxy) is 2. The molecule has 7 nitrogen and oxygen atoms in total. The number of benzene rings is 3. The van der Waals surface area contributed by atoms with Gasteiger partial charge in [0.05, 0.1) is 24.8 Å². The van der Waals surface area contributed by atoms with Crippen LogP contribution in [0.3, 0.4) is 0 Å². The molecule has 0 spiro atoms. The van der Waals surface area contributed by atoms with Crippen LogP contribution in [0.4, 0.5) is 0 Å². The molecule has 0 radical (unpaired) electrons. The van der Waals surface area contributed by atoms with Gasteiger partial charge in [-0.05, 0) is 48.4 Å². The van der Waals surface area contributed by atoms with E-state index in [1.807, 2.05) is 71.6 Å². The molecule has 4 aromatic rings. The monoisotopic (exact) mass is 579 g/mol. The predicted molar refractivity (Wildman–Crippen MR) is 156 cm³/mol. The molecule has 208 valence electrons. The van der Waals surface area contributed by atoms with Crippen molar-refractivity contribution in [2.45, 2.75) is 19.6 Å². The summed E-state index contributed by atoms with van der Waals surface area (Å²) in [5, 5.41) is 5.37. The lowest BCUT2D eigenvalue weighted by molar-refractivity contribution is 0.00337. The molecule has 1 aliphatic heterocycles. The maximum Gasteiger partial charge on any atom is 0.259 e. The fourth-order valence-electron chi connectivity index (χ4n) is 4.88. The molecule has 0 aliphatic carbocycles. The number of piperazine rings is 1. The largest absolute Gasteiger partial charge is 0.497 e. The van der Waals surface area contributed by atoms with Gasteiger partial charge < -0.3 is 18.9 Å². The summed E-state index contributed by atoms with van der Waals surface area (Å²) >= 11 is 12.5. The third-order valence-corrected chi connectivity index (χ3v) is 7.70. The third-order valence-electron chi connectivity index (χ3n) is 7.12. The molecule has 1 amide bonds. The number of aromatic nitrogens is 1. The number of halogens is 2. The number of carbonyl (C=O) groups is 1. The maximum absolute atomic E-state index is 13.6. The predicted octanol–water partition coefficient (Wildman–Crippen LogP) is 6.68. The van der Waals surface area contributed by atoms with Crippen molar-refractivity contribution in [2.75, 3.05) is 39.8 Å². The molecule has 1 aliphatic rings. The Morgan fingerprint density at radius 2 is 1.75 bits per heavy atom. The van der Waals surface area contributed by atoms with E-state index >= 15 is 0 Å². The normalized spacial score (nSPS) is 14.8. The summed E-state index contributed by atoms with van der Waals surface area (Å²) in [5.41, 5.74) is 3.70. The van der Waals surface area contributed by atoms with Crippen molar-refractivity contribution in [1.82, 2.24) is 15.0 Å². The van der Waals surface area contributed by atoms with Crippen LogP contribution in [0.25, 0.3) is 11.3 Å². The lowest BCUT2D eigenvalue weighted by Crippen LogP contribution is -2.49. The van der Waals surface area contributed by atoms with Crippen molar-refractivity contribution >= 4 is 29.1 Å². The average Bonchev–Trinajstić information content (AvgIpc) is 3.36. The summed E-state index contributed by atoms with van der Waals surface area (Å²) in [4.78, 5) is 17.8. The van der Waals surface area contributed by atoms with Gasteiger partial charge >= 0.3 is 0 Å². The van der Waals surface area contributed by atoms with E-state index in [0.29, 0.717) is 72.0 Å². The van der Waals surface area contributed by atoms with Gasteiger partial charge in [0.2, 0.25) is 0 Å². The Balaban J connectivity index is 1.26. The first-order valence-corrected chi connectivity index (χ1v) is 13.9. The highest BCUT2D eigenvalue weighted by atomic mass is 35.5. The van der Waals surface area contributed by atoms with Gasteiger partial charge in [-0.25, -0.2) is 0 Å². The van der Waals surface area contributed by atoms with E-state index in [0.717, 1.165) is 16.9 Å². The Morgan fingerprint density at radius 3 is 2.48 bits per heavy atom. The van der Waals surface area contributed by atoms with Gasteiger partial charge in [-0.2, -0.15) is 0 Å². The standard InChI is InChI=1S/C31H31Cl2N3O4/c1-21-29(30(34-40-21)26-8-3-4-9-27(26)33)31(37)36-16-14-35(15-17-36)19-28(23-10-12-24(32)13-11-23)39-20-22-6-5-7-25(18-22)38-2/h3-13,18,28H,14-17,19-20H2,1-2H3/t28-/m0/s1. The van der Waals surface area contributed by atoms with E-state index in [4.69, 9.17) is 37.2 Å². The number of carbonyl (C=O) groups excluding carboxylic acids is 1. The van der Waals surface area contributed by atoms with Crippen molar-refractivity contribution in [3.05, 3.63) is 105 Å². The number of hydrogen-bond donors (Lipinski definition) is 0. The van der Waals surface area contributed by atoms with Crippen LogP contribution in [0.5, 0.6) is 5.75 Å². The molecule has 1 fully saturated rings. The summed E-state index contributed by atoms with van der Waals surface area (Å²) in [6, 6.07) is 23.0. The summed E-state index contributed by atoms with van der Waals surface area (Å²) < 4.78 is 17.2. The van der Waals surface area contributed by atoms with Gasteiger partial charge in [0.1, 0.15) is 22.8 Å². The number of nitrogens with zero attached hydrogens (tertiary/aromatic N) is 3. The van der Waals surface area contributed by atoms with Crippen molar-refractivity contribution in [1.29, 1.82) is 0 Å². The minimum Gasteiger partial charge on any atom is -0.497 e. The van der Waals surface area contributed by atoms with Gasteiger partial charge in [0, 0.05) is 43.3 Å². The first kappa shape index (κ1) is 28.2. The molecule has 9 heteroatoms. The van der Waals surface area contributed by atoms with Gasteiger partial charge in [-0.1, -0.05) is 70.8 Å². The van der Waals surface area contributed by atoms with E-state index < -0.39 is 0 Å². The van der Waals surface area contributed by atoms with Crippen LogP contribution < -0.4 is 4.74 Å². The molecule has 0 unspecified atom stereocenters. The van der Waals surface area contributed by atoms with Crippen LogP contribution in [0.2, 0.25) is 10.0 Å². The summed E-state index contributed by atoms with van der Waals surface area (Å²) in [5.74, 6) is 1.18. The zero-order chi connectivity index (χ0) is 28.1. The molecule has 5 rings (SSSR count). The number of rotatable bonds is 9. The molecular weight excluding hydrogens is 549 g/mol. The van der Waals surface area contributed by atoms with E-state index in [-0.39, 0.29) is 12.0 Å². The molecule has 1 aromatic heterocycles. The van der Waals surface area contributed by atoms with Crippen molar-refractivity contribution in [3.8, 4) is 17.0 Å². The van der Waals surface area contributed by atoms with E-state index in [2.05, 4.69) is 10.1 Å². The van der Waals surface area contributed by atoms with Crippen molar-refractivity contribution in [2.24, 2.45) is 0 Å². The molecule has 40 heavy (non-hydrogen) atoms. The number of amides is 1. The van der Waals surface area contributed by atoms with Crippen LogP contribution in [-0.4, -0.2) is 60.7 Å². The number of aryl methyl sites for hydroxylation is 1. The minimum atomic E-state index is -0.169. The Morgan fingerprint density at radius 1 is 1.00 bits per heavy atom. The fraction of sp³-hybridized carbons (Fsp3) is 0.290. The lowest BCUT2D eigenvalue weighted by Gasteiger charge is -2.36. The van der Waals surface area contributed by atoms with E-state index in [1.165, 1.54) is 0 Å². The number of hydrogen-bond acceptors (Lipinski definition) is 6. The first-order valence-electron chi connectivity index (χ1n) is 13.2. The van der Waals surface area contributed by atoms with Crippen molar-refractivity contribution in [3.63, 3.8) is 0 Å². The summed E-state index contributed by atoms with van der Waals surface area (Å²) in [6.07, 6.45) is -0.169. The molecule has 1 atom stereocenters. The van der Waals surface area contributed by atoms with Crippen LogP contribution in [-0.2, 0) is 11.3 Å². The maximum atomic E-state index is 13.6. The highest BCUT2D eigenvalue weighted by molar-refractivity contribution is 6.33. The topological polar surface area (TPSA) is 68.0 Å². The average molecular weight is 581 g/mol. The summed E-state index contributed by atoms with van der Waals surface area (Å²) in [6.45, 7) is 5.47. The third kappa shape index (κ3) is 6.50. The van der Waals surface area contributed by atoms with Crippen LogP contribution in [0.1, 0.15) is 33.3 Å². The van der Waals surface area contributed by atoms with Gasteiger partial charge in [-0.15, -0.1) is 0 Å². The zero-order valence-electron chi connectivity index (χ0n) is 22.5. The Bertz CT molecular complexity index is 1450. The number of methoxy groups -OCH3 is 1. The Labute approximate surface area is 244 Å². The quantitative estimate of drug-likeness (QED) is 0.220. The zero-order valence-corrected chi connectivity index (χ0v) is 24.0.